The Hall–Kier alpha value is -2.61. The number of hydrogen-bond donors (Lipinski definition) is 2. The third kappa shape index (κ3) is 8.02. The summed E-state index contributed by atoms with van der Waals surface area (Å²) in [5, 5.41) is 4.95. The zero-order valence-corrected chi connectivity index (χ0v) is 17.5. The number of alkyl halides is 3. The molecule has 4 nitrogen and oxygen atoms in total. The second kappa shape index (κ2) is 11.5. The summed E-state index contributed by atoms with van der Waals surface area (Å²) in [5.74, 6) is 0.206. The Kier molecular flexibility index (Phi) is 9.11. The van der Waals surface area contributed by atoms with Crippen molar-refractivity contribution in [3.8, 4) is 5.75 Å². The van der Waals surface area contributed by atoms with Crippen molar-refractivity contribution >= 4 is 28.9 Å². The monoisotopic (exact) mass is 438 g/mol. The molecule has 2 N–H and O–H groups in total. The van der Waals surface area contributed by atoms with Crippen LogP contribution < -0.4 is 15.4 Å². The summed E-state index contributed by atoms with van der Waals surface area (Å²) in [6.45, 7) is 2.79. The van der Waals surface area contributed by atoms with E-state index in [0.29, 0.717) is 17.9 Å². The van der Waals surface area contributed by atoms with Gasteiger partial charge in [0.2, 0.25) is 0 Å². The van der Waals surface area contributed by atoms with Gasteiger partial charge in [0.05, 0.1) is 12.2 Å². The van der Waals surface area contributed by atoms with E-state index in [1.807, 2.05) is 0 Å². The van der Waals surface area contributed by atoms with Crippen LogP contribution in [0.4, 0.5) is 18.9 Å². The number of anilines is 1. The van der Waals surface area contributed by atoms with E-state index >= 15 is 0 Å². The molecule has 8 heteroatoms. The topological polar surface area (TPSA) is 50.4 Å². The molecule has 0 unspecified atom stereocenters. The molecule has 0 aliphatic heterocycles. The maximum Gasteiger partial charge on any atom is 0.416 e. The van der Waals surface area contributed by atoms with Crippen molar-refractivity contribution in [2.75, 3.05) is 11.9 Å². The van der Waals surface area contributed by atoms with Crippen molar-refractivity contribution in [3.05, 3.63) is 59.7 Å². The summed E-state index contributed by atoms with van der Waals surface area (Å²) in [5.41, 5.74) is -0.307. The van der Waals surface area contributed by atoms with Crippen LogP contribution in [-0.4, -0.2) is 17.6 Å². The molecule has 2 aromatic carbocycles. The number of benzene rings is 2. The number of unbranched alkanes of at least 4 members (excludes halogenated alkanes) is 4. The van der Waals surface area contributed by atoms with E-state index in [1.54, 1.807) is 24.3 Å². The molecule has 0 bridgehead atoms. The lowest BCUT2D eigenvalue weighted by Gasteiger charge is -2.12. The molecule has 0 atom stereocenters. The highest BCUT2D eigenvalue weighted by molar-refractivity contribution is 7.80. The standard InChI is InChI=1S/C22H25F3N2O2S/c1-2-3-4-5-6-14-29-19-12-10-16(11-13-19)20(28)27-21(30)26-18-9-7-8-17(15-18)22(23,24)25/h7-13,15H,2-6,14H2,1H3,(H2,26,27,28,30). The molecular formula is C22H25F3N2O2S. The van der Waals surface area contributed by atoms with Gasteiger partial charge in [-0.3, -0.25) is 10.1 Å². The average molecular weight is 439 g/mol. The minimum absolute atomic E-state index is 0.0910. The fourth-order valence-corrected chi connectivity index (χ4v) is 2.92. The van der Waals surface area contributed by atoms with E-state index in [0.717, 1.165) is 25.0 Å². The molecule has 0 saturated carbocycles. The summed E-state index contributed by atoms with van der Waals surface area (Å²) in [6.07, 6.45) is 1.29. The van der Waals surface area contributed by atoms with Gasteiger partial charge in [0, 0.05) is 11.3 Å². The second-order valence-corrected chi connectivity index (χ2v) is 7.18. The smallest absolute Gasteiger partial charge is 0.416 e. The average Bonchev–Trinajstić information content (AvgIpc) is 2.70. The fourth-order valence-electron chi connectivity index (χ4n) is 2.71. The molecule has 2 aromatic rings. The molecule has 0 aliphatic rings. The van der Waals surface area contributed by atoms with Crippen LogP contribution in [0.15, 0.2) is 48.5 Å². The van der Waals surface area contributed by atoms with Crippen LogP contribution in [0.2, 0.25) is 0 Å². The van der Waals surface area contributed by atoms with Gasteiger partial charge in [0.25, 0.3) is 5.91 Å². The van der Waals surface area contributed by atoms with Gasteiger partial charge in [-0.2, -0.15) is 13.2 Å². The normalized spacial score (nSPS) is 11.1. The Morgan fingerprint density at radius 2 is 1.73 bits per heavy atom. The van der Waals surface area contributed by atoms with Crippen LogP contribution in [0.3, 0.4) is 0 Å². The Balaban J connectivity index is 1.82. The number of thiocarbonyl (C=S) groups is 1. The highest BCUT2D eigenvalue weighted by Crippen LogP contribution is 2.30. The number of hydrogen-bond acceptors (Lipinski definition) is 3. The highest BCUT2D eigenvalue weighted by Gasteiger charge is 2.30. The van der Waals surface area contributed by atoms with Crippen LogP contribution >= 0.6 is 12.2 Å². The molecule has 0 spiro atoms. The Bertz CT molecular complexity index is 839. The van der Waals surface area contributed by atoms with Gasteiger partial charge in [-0.05, 0) is 61.1 Å². The highest BCUT2D eigenvalue weighted by atomic mass is 32.1. The van der Waals surface area contributed by atoms with E-state index in [4.69, 9.17) is 17.0 Å². The van der Waals surface area contributed by atoms with Crippen molar-refractivity contribution in [2.24, 2.45) is 0 Å². The van der Waals surface area contributed by atoms with Gasteiger partial charge < -0.3 is 10.1 Å². The zero-order chi connectivity index (χ0) is 22.0. The molecule has 0 saturated heterocycles. The van der Waals surface area contributed by atoms with Crippen LogP contribution in [0.5, 0.6) is 5.75 Å². The molecule has 162 valence electrons. The number of amides is 1. The van der Waals surface area contributed by atoms with E-state index < -0.39 is 17.6 Å². The first-order valence-electron chi connectivity index (χ1n) is 9.82. The van der Waals surface area contributed by atoms with Crippen molar-refractivity contribution in [2.45, 2.75) is 45.2 Å². The molecular weight excluding hydrogens is 413 g/mol. The Morgan fingerprint density at radius 3 is 2.40 bits per heavy atom. The van der Waals surface area contributed by atoms with Gasteiger partial charge in [-0.1, -0.05) is 38.7 Å². The molecule has 0 radical (unpaired) electrons. The molecule has 1 amide bonds. The number of halogens is 3. The number of carbonyl (C=O) groups is 1. The minimum atomic E-state index is -4.46. The lowest BCUT2D eigenvalue weighted by Crippen LogP contribution is -2.34. The predicted octanol–water partition coefficient (Wildman–Crippen LogP) is 6.18. The van der Waals surface area contributed by atoms with Crippen molar-refractivity contribution in [1.82, 2.24) is 5.32 Å². The third-order valence-corrected chi connectivity index (χ3v) is 4.51. The largest absolute Gasteiger partial charge is 0.494 e. The minimum Gasteiger partial charge on any atom is -0.494 e. The molecule has 0 aromatic heterocycles. The maximum atomic E-state index is 12.8. The van der Waals surface area contributed by atoms with Crippen molar-refractivity contribution in [1.29, 1.82) is 0 Å². The first kappa shape index (κ1) is 23.7. The number of ether oxygens (including phenoxy) is 1. The lowest BCUT2D eigenvalue weighted by molar-refractivity contribution is -0.137. The third-order valence-electron chi connectivity index (χ3n) is 4.31. The molecule has 0 fully saturated rings. The van der Waals surface area contributed by atoms with Gasteiger partial charge in [-0.15, -0.1) is 0 Å². The quantitative estimate of drug-likeness (QED) is 0.363. The van der Waals surface area contributed by atoms with Gasteiger partial charge in [0.1, 0.15) is 5.75 Å². The number of nitrogens with one attached hydrogen (secondary N) is 2. The number of rotatable bonds is 9. The maximum absolute atomic E-state index is 12.8. The summed E-state index contributed by atoms with van der Waals surface area (Å²) in [7, 11) is 0. The SMILES string of the molecule is CCCCCCCOc1ccc(C(=O)NC(=S)Nc2cccc(C(F)(F)F)c2)cc1. The van der Waals surface area contributed by atoms with E-state index in [2.05, 4.69) is 17.6 Å². The Labute approximate surface area is 179 Å². The first-order valence-corrected chi connectivity index (χ1v) is 10.2. The van der Waals surface area contributed by atoms with Crippen molar-refractivity contribution < 1.29 is 22.7 Å². The van der Waals surface area contributed by atoms with Crippen LogP contribution in [0, 0.1) is 0 Å². The lowest BCUT2D eigenvalue weighted by atomic mass is 10.2. The summed E-state index contributed by atoms with van der Waals surface area (Å²) in [4.78, 5) is 12.3. The van der Waals surface area contributed by atoms with Gasteiger partial charge in [0.15, 0.2) is 5.11 Å². The van der Waals surface area contributed by atoms with Crippen LogP contribution in [0.1, 0.15) is 54.9 Å². The molecule has 2 rings (SSSR count). The van der Waals surface area contributed by atoms with Gasteiger partial charge >= 0.3 is 6.18 Å². The fraction of sp³-hybridized carbons (Fsp3) is 0.364. The van der Waals surface area contributed by atoms with Crippen molar-refractivity contribution in [3.63, 3.8) is 0 Å². The number of carbonyl (C=O) groups excluding carboxylic acids is 1. The van der Waals surface area contributed by atoms with Gasteiger partial charge in [-0.25, -0.2) is 0 Å². The summed E-state index contributed by atoms with van der Waals surface area (Å²) < 4.78 is 44.0. The first-order chi connectivity index (χ1) is 14.3. The van der Waals surface area contributed by atoms with E-state index in [-0.39, 0.29) is 10.8 Å². The predicted molar refractivity (Wildman–Crippen MR) is 116 cm³/mol. The van der Waals surface area contributed by atoms with E-state index in [9.17, 15) is 18.0 Å². The summed E-state index contributed by atoms with van der Waals surface area (Å²) >= 11 is 5.03. The van der Waals surface area contributed by atoms with E-state index in [1.165, 1.54) is 31.4 Å². The summed E-state index contributed by atoms with van der Waals surface area (Å²) in [6, 6.07) is 11.2. The van der Waals surface area contributed by atoms with Crippen LogP contribution in [0.25, 0.3) is 0 Å². The molecule has 0 aliphatic carbocycles. The van der Waals surface area contributed by atoms with Crippen LogP contribution in [-0.2, 0) is 6.18 Å². The molecule has 30 heavy (non-hydrogen) atoms. The second-order valence-electron chi connectivity index (χ2n) is 6.77. The Morgan fingerprint density at radius 1 is 1.03 bits per heavy atom. The zero-order valence-electron chi connectivity index (χ0n) is 16.7. The molecule has 0 heterocycles.